The molecule has 3 saturated heterocycles. The standard InChI is InChI=1S/C36H64N2O10.C14H27NO3.CH4/c1-25(2)31(41)44-24-45-32(42)26(3)48-38-35(8,9)22-28(23-36(38,10)11)47-30(40)19-17-15-13-12-14-16-18-29(39)46-27-20-33(4,5)37(43)34(6,7)21-27;1-12(2,3)11(16)18-10-8-13(4,5)15(17)14(6,7)9-10;/h25-28,43H,12-24H2,1-11H3;10,17H,8-9H2,1-7H3;1H4. The third kappa shape index (κ3) is 19.4. The maximum atomic E-state index is 12.7. The van der Waals surface area contributed by atoms with E-state index < -0.39 is 52.4 Å². The van der Waals surface area contributed by atoms with Gasteiger partial charge in [-0.25, -0.2) is 4.79 Å². The van der Waals surface area contributed by atoms with E-state index in [0.29, 0.717) is 51.4 Å². The molecule has 3 heterocycles. The van der Waals surface area contributed by atoms with E-state index in [9.17, 15) is 34.4 Å². The van der Waals surface area contributed by atoms with Crippen molar-refractivity contribution in [2.24, 2.45) is 11.3 Å². The summed E-state index contributed by atoms with van der Waals surface area (Å²) in [6.45, 7) is 33.7. The zero-order valence-electron chi connectivity index (χ0n) is 44.2. The average Bonchev–Trinajstić information content (AvgIpc) is 3.14. The summed E-state index contributed by atoms with van der Waals surface area (Å²) in [6, 6.07) is 0. The summed E-state index contributed by atoms with van der Waals surface area (Å²) in [5.41, 5.74) is -3.24. The fourth-order valence-corrected chi connectivity index (χ4v) is 9.76. The number of hydroxylamine groups is 6. The van der Waals surface area contributed by atoms with E-state index in [4.69, 9.17) is 28.5 Å². The van der Waals surface area contributed by atoms with E-state index in [2.05, 4.69) is 0 Å². The molecule has 0 aliphatic carbocycles. The van der Waals surface area contributed by atoms with Crippen molar-refractivity contribution in [2.45, 2.75) is 280 Å². The molecule has 3 rings (SSSR count). The number of nitrogens with zero attached hydrogens (tertiary/aromatic N) is 3. The van der Waals surface area contributed by atoms with Crippen LogP contribution in [0.1, 0.15) is 222 Å². The molecule has 1 unspecified atom stereocenters. The highest BCUT2D eigenvalue weighted by atomic mass is 16.7. The van der Waals surface area contributed by atoms with Crippen molar-refractivity contribution in [3.8, 4) is 0 Å². The molecule has 0 saturated carbocycles. The van der Waals surface area contributed by atoms with Crippen LogP contribution in [0, 0.1) is 11.3 Å². The number of hydrogen-bond acceptors (Lipinski definition) is 16. The van der Waals surface area contributed by atoms with Gasteiger partial charge in [0.1, 0.15) is 18.3 Å². The molecular formula is C51H95N3O13. The zero-order chi connectivity index (χ0) is 50.9. The Morgan fingerprint density at radius 1 is 0.522 bits per heavy atom. The van der Waals surface area contributed by atoms with Crippen LogP contribution in [0.5, 0.6) is 0 Å². The largest absolute Gasteiger partial charge is 0.462 e. The molecule has 392 valence electrons. The van der Waals surface area contributed by atoms with Gasteiger partial charge in [0, 0.05) is 84.6 Å². The van der Waals surface area contributed by atoms with Crippen molar-refractivity contribution in [2.75, 3.05) is 6.79 Å². The normalized spacial score (nSPS) is 22.3. The van der Waals surface area contributed by atoms with Crippen molar-refractivity contribution in [3.63, 3.8) is 0 Å². The van der Waals surface area contributed by atoms with E-state index >= 15 is 0 Å². The number of ether oxygens (including phenoxy) is 5. The third-order valence-electron chi connectivity index (χ3n) is 12.7. The van der Waals surface area contributed by atoms with Crippen molar-refractivity contribution in [1.29, 1.82) is 0 Å². The van der Waals surface area contributed by atoms with Gasteiger partial charge < -0.3 is 34.1 Å². The first kappa shape index (κ1) is 62.1. The Morgan fingerprint density at radius 2 is 0.836 bits per heavy atom. The molecule has 67 heavy (non-hydrogen) atoms. The van der Waals surface area contributed by atoms with Gasteiger partial charge in [0.2, 0.25) is 6.79 Å². The molecule has 16 nitrogen and oxygen atoms in total. The number of esters is 5. The molecule has 0 amide bonds. The highest BCUT2D eigenvalue weighted by Crippen LogP contribution is 2.42. The number of carbonyl (C=O) groups is 5. The smallest absolute Gasteiger partial charge is 0.339 e. The van der Waals surface area contributed by atoms with Crippen molar-refractivity contribution >= 4 is 29.8 Å². The molecule has 0 aromatic rings. The fourth-order valence-electron chi connectivity index (χ4n) is 9.76. The summed E-state index contributed by atoms with van der Waals surface area (Å²) in [5, 5.41) is 25.2. The van der Waals surface area contributed by atoms with Gasteiger partial charge in [0.15, 0.2) is 6.10 Å². The molecule has 0 aromatic heterocycles. The lowest BCUT2D eigenvalue weighted by atomic mass is 9.80. The SMILES string of the molecule is C.CC(C)(C)C(=O)OC1CC(C)(C)N(O)C(C)(C)C1.CC(C)C(=O)OCOC(=O)C(C)ON1C(C)(C)CC(OC(=O)CCCCCCCCC(=O)OC2CC(C)(C)N(O)C(C)(C)C2)CC1(C)C. The molecule has 3 aliphatic rings. The Morgan fingerprint density at radius 3 is 1.18 bits per heavy atom. The van der Waals surface area contributed by atoms with Gasteiger partial charge in [-0.3, -0.25) is 24.0 Å². The first-order valence-electron chi connectivity index (χ1n) is 24.3. The van der Waals surface area contributed by atoms with Crippen LogP contribution in [0.4, 0.5) is 0 Å². The molecule has 0 aromatic carbocycles. The van der Waals surface area contributed by atoms with Crippen LogP contribution in [0.15, 0.2) is 0 Å². The van der Waals surface area contributed by atoms with Gasteiger partial charge in [0.25, 0.3) is 0 Å². The van der Waals surface area contributed by atoms with E-state index in [1.54, 1.807) is 25.8 Å². The molecule has 0 bridgehead atoms. The lowest BCUT2D eigenvalue weighted by Gasteiger charge is -2.53. The quantitative estimate of drug-likeness (QED) is 0.0570. The number of rotatable bonds is 18. The monoisotopic (exact) mass is 958 g/mol. The number of piperidine rings is 3. The third-order valence-corrected chi connectivity index (χ3v) is 12.7. The van der Waals surface area contributed by atoms with Crippen LogP contribution >= 0.6 is 0 Å². The van der Waals surface area contributed by atoms with Crippen LogP contribution in [-0.2, 0) is 52.5 Å². The summed E-state index contributed by atoms with van der Waals surface area (Å²) in [5.74, 6) is -1.98. The number of hydrogen-bond donors (Lipinski definition) is 2. The van der Waals surface area contributed by atoms with Crippen LogP contribution in [0.2, 0.25) is 0 Å². The first-order chi connectivity index (χ1) is 29.9. The number of carbonyl (C=O) groups excluding carboxylic acids is 5. The zero-order valence-corrected chi connectivity index (χ0v) is 44.2. The Balaban J connectivity index is 0.000000987. The molecular weight excluding hydrogens is 863 g/mol. The summed E-state index contributed by atoms with van der Waals surface area (Å²) in [6.07, 6.45) is 8.10. The van der Waals surface area contributed by atoms with E-state index in [1.807, 2.05) is 104 Å². The molecule has 3 aliphatic heterocycles. The molecule has 3 fully saturated rings. The Labute approximate surface area is 404 Å². The molecule has 0 spiro atoms. The predicted molar refractivity (Wildman–Crippen MR) is 256 cm³/mol. The Bertz CT molecular complexity index is 1560. The molecule has 0 radical (unpaired) electrons. The summed E-state index contributed by atoms with van der Waals surface area (Å²) < 4.78 is 27.2. The van der Waals surface area contributed by atoms with Crippen LogP contribution < -0.4 is 0 Å². The van der Waals surface area contributed by atoms with E-state index in [-0.39, 0.29) is 60.6 Å². The summed E-state index contributed by atoms with van der Waals surface area (Å²) in [7, 11) is 0. The van der Waals surface area contributed by atoms with E-state index in [1.165, 1.54) is 10.1 Å². The van der Waals surface area contributed by atoms with Crippen molar-refractivity contribution in [1.82, 2.24) is 15.2 Å². The van der Waals surface area contributed by atoms with Gasteiger partial charge in [-0.2, -0.15) is 15.2 Å². The average molecular weight is 958 g/mol. The Kier molecular flexibility index (Phi) is 23.0. The lowest BCUT2D eigenvalue weighted by molar-refractivity contribution is -0.310. The Hall–Kier alpha value is -2.89. The summed E-state index contributed by atoms with van der Waals surface area (Å²) in [4.78, 5) is 67.2. The van der Waals surface area contributed by atoms with Gasteiger partial charge in [-0.05, 0) is 124 Å². The minimum atomic E-state index is -0.926. The second-order valence-corrected chi connectivity index (χ2v) is 24.1. The maximum absolute atomic E-state index is 12.7. The van der Waals surface area contributed by atoms with Crippen LogP contribution in [0.25, 0.3) is 0 Å². The highest BCUT2D eigenvalue weighted by molar-refractivity contribution is 5.76. The van der Waals surface area contributed by atoms with Gasteiger partial charge in [0.05, 0.1) is 11.3 Å². The van der Waals surface area contributed by atoms with Crippen LogP contribution in [0.3, 0.4) is 0 Å². The molecule has 16 heteroatoms. The highest BCUT2D eigenvalue weighted by Gasteiger charge is 2.50. The number of unbranched alkanes of at least 4 members (excludes halogenated alkanes) is 5. The topological polar surface area (TPSA) is 191 Å². The lowest BCUT2D eigenvalue weighted by Crippen LogP contribution is -2.63. The van der Waals surface area contributed by atoms with Crippen LogP contribution in [-0.4, -0.2) is 120 Å². The fraction of sp³-hybridized carbons (Fsp3) is 0.902. The second-order valence-electron chi connectivity index (χ2n) is 24.1. The summed E-state index contributed by atoms with van der Waals surface area (Å²) >= 11 is 0. The van der Waals surface area contributed by atoms with Gasteiger partial charge in [-0.1, -0.05) is 47.0 Å². The first-order valence-corrected chi connectivity index (χ1v) is 24.3. The van der Waals surface area contributed by atoms with Crippen molar-refractivity contribution in [3.05, 3.63) is 0 Å². The van der Waals surface area contributed by atoms with Gasteiger partial charge in [-0.15, -0.1) is 0 Å². The molecule has 2 N–H and O–H groups in total. The predicted octanol–water partition coefficient (Wildman–Crippen LogP) is 10.3. The van der Waals surface area contributed by atoms with Crippen molar-refractivity contribution < 1.29 is 62.9 Å². The minimum Gasteiger partial charge on any atom is -0.462 e. The maximum Gasteiger partial charge on any atom is 0.339 e. The van der Waals surface area contributed by atoms with E-state index in [0.717, 1.165) is 38.5 Å². The van der Waals surface area contributed by atoms with Gasteiger partial charge >= 0.3 is 29.8 Å². The minimum absolute atomic E-state index is 0. The second kappa shape index (κ2) is 24.8. The molecule has 1 atom stereocenters.